The van der Waals surface area contributed by atoms with Crippen LogP contribution >= 0.6 is 0 Å². The summed E-state index contributed by atoms with van der Waals surface area (Å²) in [7, 11) is 2.18. The van der Waals surface area contributed by atoms with Gasteiger partial charge in [-0.1, -0.05) is 6.08 Å². The molecule has 0 saturated carbocycles. The number of hydrogen-bond donors (Lipinski definition) is 1. The van der Waals surface area contributed by atoms with Crippen molar-refractivity contribution in [1.29, 1.82) is 0 Å². The van der Waals surface area contributed by atoms with Crippen LogP contribution < -0.4 is 5.32 Å². The van der Waals surface area contributed by atoms with Crippen molar-refractivity contribution < 1.29 is 4.74 Å². The number of nitrogens with zero attached hydrogens (tertiary/aromatic N) is 1. The summed E-state index contributed by atoms with van der Waals surface area (Å²) in [5, 5.41) is 3.34. The Labute approximate surface area is 87.1 Å². The van der Waals surface area contributed by atoms with E-state index in [2.05, 4.69) is 30.8 Å². The smallest absolute Gasteiger partial charge is 0.0622 e. The zero-order chi connectivity index (χ0) is 10.4. The van der Waals surface area contributed by atoms with Gasteiger partial charge in [0.05, 0.1) is 6.61 Å². The molecule has 0 aromatic heterocycles. The second-order valence-electron chi connectivity index (χ2n) is 3.98. The summed E-state index contributed by atoms with van der Waals surface area (Å²) in [6.07, 6.45) is 3.06. The number of hydrogen-bond acceptors (Lipinski definition) is 3. The van der Waals surface area contributed by atoms with Gasteiger partial charge in [0.2, 0.25) is 0 Å². The normalized spacial score (nSPS) is 24.1. The molecule has 1 heterocycles. The van der Waals surface area contributed by atoms with Gasteiger partial charge in [-0.25, -0.2) is 0 Å². The van der Waals surface area contributed by atoms with Crippen molar-refractivity contribution in [3.05, 3.63) is 12.7 Å². The standard InChI is InChI=1S/C11H22N2O/c1-4-6-12-8-10(2)13(3)11-5-7-14-9-11/h4,10-12H,1,5-9H2,2-3H3. The van der Waals surface area contributed by atoms with Gasteiger partial charge < -0.3 is 10.1 Å². The van der Waals surface area contributed by atoms with Gasteiger partial charge >= 0.3 is 0 Å². The van der Waals surface area contributed by atoms with Crippen LogP contribution in [0.5, 0.6) is 0 Å². The molecule has 0 amide bonds. The van der Waals surface area contributed by atoms with Crippen LogP contribution in [0.4, 0.5) is 0 Å². The largest absolute Gasteiger partial charge is 0.380 e. The lowest BCUT2D eigenvalue weighted by Gasteiger charge is -2.29. The van der Waals surface area contributed by atoms with E-state index in [1.807, 2.05) is 6.08 Å². The Kier molecular flexibility index (Phi) is 5.15. The highest BCUT2D eigenvalue weighted by Gasteiger charge is 2.23. The average Bonchev–Trinajstić information content (AvgIpc) is 2.69. The van der Waals surface area contributed by atoms with Crippen LogP contribution in [-0.2, 0) is 4.74 Å². The summed E-state index contributed by atoms with van der Waals surface area (Å²) >= 11 is 0. The third-order valence-corrected chi connectivity index (χ3v) is 2.91. The molecule has 0 aromatic carbocycles. The number of nitrogens with one attached hydrogen (secondary N) is 1. The molecule has 1 saturated heterocycles. The molecule has 0 aromatic rings. The third-order valence-electron chi connectivity index (χ3n) is 2.91. The van der Waals surface area contributed by atoms with Crippen LogP contribution in [0.2, 0.25) is 0 Å². The summed E-state index contributed by atoms with van der Waals surface area (Å²) in [5.41, 5.74) is 0. The van der Waals surface area contributed by atoms with Crippen LogP contribution in [0.3, 0.4) is 0 Å². The van der Waals surface area contributed by atoms with E-state index in [-0.39, 0.29) is 0 Å². The summed E-state index contributed by atoms with van der Waals surface area (Å²) < 4.78 is 5.38. The molecule has 14 heavy (non-hydrogen) atoms. The van der Waals surface area contributed by atoms with Crippen molar-refractivity contribution in [2.24, 2.45) is 0 Å². The Hall–Kier alpha value is -0.380. The van der Waals surface area contributed by atoms with E-state index >= 15 is 0 Å². The van der Waals surface area contributed by atoms with Crippen molar-refractivity contribution in [1.82, 2.24) is 10.2 Å². The quantitative estimate of drug-likeness (QED) is 0.506. The monoisotopic (exact) mass is 198 g/mol. The van der Waals surface area contributed by atoms with Crippen molar-refractivity contribution in [2.75, 3.05) is 33.4 Å². The highest BCUT2D eigenvalue weighted by Crippen LogP contribution is 2.12. The third kappa shape index (κ3) is 3.40. The highest BCUT2D eigenvalue weighted by atomic mass is 16.5. The van der Waals surface area contributed by atoms with Crippen LogP contribution in [-0.4, -0.2) is 50.3 Å². The van der Waals surface area contributed by atoms with Gasteiger partial charge in [-0.15, -0.1) is 6.58 Å². The molecule has 2 unspecified atom stereocenters. The summed E-state index contributed by atoms with van der Waals surface area (Å²) in [5.74, 6) is 0. The van der Waals surface area contributed by atoms with Gasteiger partial charge in [0, 0.05) is 31.8 Å². The van der Waals surface area contributed by atoms with E-state index in [0.717, 1.165) is 26.3 Å². The summed E-state index contributed by atoms with van der Waals surface area (Å²) in [6, 6.07) is 1.16. The lowest BCUT2D eigenvalue weighted by atomic mass is 10.2. The maximum atomic E-state index is 5.38. The second-order valence-corrected chi connectivity index (χ2v) is 3.98. The molecule has 82 valence electrons. The molecule has 1 aliphatic rings. The molecule has 0 radical (unpaired) electrons. The van der Waals surface area contributed by atoms with Crippen molar-refractivity contribution in [2.45, 2.75) is 25.4 Å². The summed E-state index contributed by atoms with van der Waals surface area (Å²) in [4.78, 5) is 2.41. The maximum Gasteiger partial charge on any atom is 0.0622 e. The maximum absolute atomic E-state index is 5.38. The summed E-state index contributed by atoms with van der Waals surface area (Å²) in [6.45, 7) is 9.64. The van der Waals surface area contributed by atoms with Crippen LogP contribution in [0.15, 0.2) is 12.7 Å². The lowest BCUT2D eigenvalue weighted by molar-refractivity contribution is 0.137. The SMILES string of the molecule is C=CCNCC(C)N(C)C1CCOC1. The molecule has 3 heteroatoms. The van der Waals surface area contributed by atoms with Gasteiger partial charge in [-0.2, -0.15) is 0 Å². The van der Waals surface area contributed by atoms with E-state index in [4.69, 9.17) is 4.74 Å². The van der Waals surface area contributed by atoms with Crippen molar-refractivity contribution >= 4 is 0 Å². The number of rotatable bonds is 6. The predicted octanol–water partition coefficient (Wildman–Crippen LogP) is 0.871. The van der Waals surface area contributed by atoms with E-state index in [0.29, 0.717) is 12.1 Å². The first-order valence-corrected chi connectivity index (χ1v) is 5.37. The molecule has 3 nitrogen and oxygen atoms in total. The first-order chi connectivity index (χ1) is 6.75. The zero-order valence-corrected chi connectivity index (χ0v) is 9.33. The second kappa shape index (κ2) is 6.17. The molecule has 0 aliphatic carbocycles. The first kappa shape index (κ1) is 11.7. The van der Waals surface area contributed by atoms with Crippen molar-refractivity contribution in [3.63, 3.8) is 0 Å². The molecule has 1 rings (SSSR count). The minimum atomic E-state index is 0.557. The molecule has 1 fully saturated rings. The van der Waals surface area contributed by atoms with E-state index in [1.54, 1.807) is 0 Å². The fourth-order valence-corrected chi connectivity index (χ4v) is 1.74. The van der Waals surface area contributed by atoms with Crippen LogP contribution in [0.25, 0.3) is 0 Å². The fourth-order valence-electron chi connectivity index (χ4n) is 1.74. The molecule has 1 aliphatic heterocycles. The van der Waals surface area contributed by atoms with Gasteiger partial charge in [0.1, 0.15) is 0 Å². The molecule has 0 bridgehead atoms. The Balaban J connectivity index is 2.20. The Bertz CT molecular complexity index is 167. The van der Waals surface area contributed by atoms with E-state index in [1.165, 1.54) is 6.42 Å². The van der Waals surface area contributed by atoms with Crippen LogP contribution in [0, 0.1) is 0 Å². The minimum absolute atomic E-state index is 0.557. The van der Waals surface area contributed by atoms with Gasteiger partial charge in [-0.3, -0.25) is 4.90 Å². The van der Waals surface area contributed by atoms with Crippen molar-refractivity contribution in [3.8, 4) is 0 Å². The fraction of sp³-hybridized carbons (Fsp3) is 0.818. The topological polar surface area (TPSA) is 24.5 Å². The van der Waals surface area contributed by atoms with Crippen LogP contribution in [0.1, 0.15) is 13.3 Å². The predicted molar refractivity (Wildman–Crippen MR) is 59.5 cm³/mol. The Morgan fingerprint density at radius 3 is 3.07 bits per heavy atom. The molecule has 0 spiro atoms. The van der Waals surface area contributed by atoms with E-state index in [9.17, 15) is 0 Å². The minimum Gasteiger partial charge on any atom is -0.380 e. The molecule has 2 atom stereocenters. The average molecular weight is 198 g/mol. The van der Waals surface area contributed by atoms with Gasteiger partial charge in [0.15, 0.2) is 0 Å². The van der Waals surface area contributed by atoms with Gasteiger partial charge in [-0.05, 0) is 20.4 Å². The highest BCUT2D eigenvalue weighted by molar-refractivity contribution is 4.79. The molecular formula is C11H22N2O. The molecule has 1 N–H and O–H groups in total. The van der Waals surface area contributed by atoms with E-state index < -0.39 is 0 Å². The lowest BCUT2D eigenvalue weighted by Crippen LogP contribution is -2.44. The number of ether oxygens (including phenoxy) is 1. The Morgan fingerprint density at radius 1 is 1.71 bits per heavy atom. The molecular weight excluding hydrogens is 176 g/mol. The van der Waals surface area contributed by atoms with Gasteiger partial charge in [0.25, 0.3) is 0 Å². The first-order valence-electron chi connectivity index (χ1n) is 5.37. The Morgan fingerprint density at radius 2 is 2.50 bits per heavy atom. The number of likely N-dealkylation sites (N-methyl/N-ethyl adjacent to an activating group) is 1. The zero-order valence-electron chi connectivity index (χ0n) is 9.33.